The highest BCUT2D eigenvalue weighted by atomic mass is 16.6. The fourth-order valence-electron chi connectivity index (χ4n) is 0.985. The second-order valence-corrected chi connectivity index (χ2v) is 2.59. The summed E-state index contributed by atoms with van der Waals surface area (Å²) in [6.07, 6.45) is -1.21. The molecule has 1 fully saturated rings. The maximum absolute atomic E-state index is 10.9. The number of carbonyl (C=O) groups excluding carboxylic acids is 1. The first-order valence-electron chi connectivity index (χ1n) is 3.28. The van der Waals surface area contributed by atoms with Crippen LogP contribution in [0, 0.1) is 0 Å². The quantitative estimate of drug-likeness (QED) is 0.354. The van der Waals surface area contributed by atoms with Crippen molar-refractivity contribution < 1.29 is 25.0 Å². The Kier molecular flexibility index (Phi) is 1.85. The van der Waals surface area contributed by atoms with Crippen LogP contribution in [0.2, 0.25) is 0 Å². The average Bonchev–Trinajstić information content (AvgIpc) is 2.18. The van der Waals surface area contributed by atoms with Crippen LogP contribution in [-0.2, 0) is 0 Å². The van der Waals surface area contributed by atoms with Crippen molar-refractivity contribution in [2.24, 2.45) is 0 Å². The molecular formula is C5H11N2O4+. The van der Waals surface area contributed by atoms with Gasteiger partial charge < -0.3 is 5.11 Å². The molecule has 6 nitrogen and oxygen atoms in total. The average molecular weight is 163 g/mol. The van der Waals surface area contributed by atoms with Crippen molar-refractivity contribution in [3.8, 4) is 0 Å². The summed E-state index contributed by atoms with van der Waals surface area (Å²) < 4.78 is -1.13. The molecule has 2 amide bonds. The molecule has 0 aromatic heterocycles. The minimum absolute atomic E-state index is 0.00694. The molecular weight excluding hydrogens is 152 g/mol. The zero-order valence-electron chi connectivity index (χ0n) is 6.14. The molecule has 0 saturated carbocycles. The fraction of sp³-hybridized carbons (Fsp3) is 0.800. The lowest BCUT2D eigenvalue weighted by Crippen LogP contribution is -2.53. The molecule has 1 saturated heterocycles. The number of aliphatic hydroxyl groups excluding tert-OH is 1. The highest BCUT2D eigenvalue weighted by Gasteiger charge is 2.50. The first kappa shape index (κ1) is 8.41. The lowest BCUT2D eigenvalue weighted by molar-refractivity contribution is -1.06. The van der Waals surface area contributed by atoms with Crippen LogP contribution in [-0.4, -0.2) is 50.6 Å². The van der Waals surface area contributed by atoms with Gasteiger partial charge in [0.15, 0.2) is 0 Å². The Bertz CT molecular complexity index is 183. The van der Waals surface area contributed by atoms with Gasteiger partial charge in [0.2, 0.25) is 6.23 Å². The topological polar surface area (TPSA) is 81.0 Å². The number of nitrogens with zero attached hydrogens (tertiary/aromatic N) is 2. The highest BCUT2D eigenvalue weighted by Crippen LogP contribution is 2.17. The van der Waals surface area contributed by atoms with Gasteiger partial charge in [0.1, 0.15) is 13.1 Å². The van der Waals surface area contributed by atoms with Gasteiger partial charge in [-0.15, -0.1) is 0 Å². The van der Waals surface area contributed by atoms with Gasteiger partial charge in [0, 0.05) is 6.92 Å². The number of rotatable bonds is 1. The summed E-state index contributed by atoms with van der Waals surface area (Å²) in [5.41, 5.74) is 0. The van der Waals surface area contributed by atoms with E-state index in [0.29, 0.717) is 5.06 Å². The number of aliphatic hydroxyl groups is 1. The normalized spacial score (nSPS) is 34.5. The highest BCUT2D eigenvalue weighted by molar-refractivity contribution is 5.66. The van der Waals surface area contributed by atoms with Gasteiger partial charge in [-0.25, -0.2) is 10.0 Å². The van der Waals surface area contributed by atoms with E-state index in [9.17, 15) is 10.0 Å². The second-order valence-electron chi connectivity index (χ2n) is 2.59. The van der Waals surface area contributed by atoms with Crippen molar-refractivity contribution in [1.82, 2.24) is 5.06 Å². The standard InChI is InChI=1S/C5H11N2O4/c1-4(8)7(11)3-2-6(10)5(7)9/h4,8,10-11H,2-3H2,1H3/q+1. The summed E-state index contributed by atoms with van der Waals surface area (Å²) in [4.78, 5) is 10.9. The van der Waals surface area contributed by atoms with E-state index in [1.54, 1.807) is 0 Å². The van der Waals surface area contributed by atoms with Gasteiger partial charge in [-0.1, -0.05) is 4.65 Å². The number of hydrogen-bond donors (Lipinski definition) is 3. The van der Waals surface area contributed by atoms with Crippen LogP contribution in [0.3, 0.4) is 0 Å². The Morgan fingerprint density at radius 1 is 1.73 bits per heavy atom. The van der Waals surface area contributed by atoms with Gasteiger partial charge in [0.05, 0.1) is 0 Å². The van der Waals surface area contributed by atoms with Crippen molar-refractivity contribution >= 4 is 6.03 Å². The van der Waals surface area contributed by atoms with Crippen LogP contribution in [0.4, 0.5) is 4.79 Å². The number of hydrogen-bond acceptors (Lipinski definition) is 4. The summed E-state index contributed by atoms with van der Waals surface area (Å²) >= 11 is 0. The SMILES string of the molecule is CC(O)[N+]1(O)CCN(O)C1=O. The third kappa shape index (κ3) is 1.10. The third-order valence-corrected chi connectivity index (χ3v) is 1.82. The molecule has 0 aliphatic carbocycles. The van der Waals surface area contributed by atoms with Crippen LogP contribution in [0.5, 0.6) is 0 Å². The van der Waals surface area contributed by atoms with Gasteiger partial charge in [-0.05, 0) is 0 Å². The third-order valence-electron chi connectivity index (χ3n) is 1.82. The van der Waals surface area contributed by atoms with Crippen molar-refractivity contribution in [3.63, 3.8) is 0 Å². The van der Waals surface area contributed by atoms with E-state index in [-0.39, 0.29) is 13.1 Å². The summed E-state index contributed by atoms with van der Waals surface area (Å²) in [5, 5.41) is 27.5. The number of hydroxylamine groups is 5. The molecule has 6 heteroatoms. The van der Waals surface area contributed by atoms with E-state index in [2.05, 4.69) is 0 Å². The van der Waals surface area contributed by atoms with Crippen LogP contribution in [0.15, 0.2) is 0 Å². The largest absolute Gasteiger partial charge is 0.477 e. The summed E-state index contributed by atoms with van der Waals surface area (Å²) in [6, 6.07) is -0.889. The van der Waals surface area contributed by atoms with Crippen molar-refractivity contribution in [1.29, 1.82) is 0 Å². The zero-order valence-corrected chi connectivity index (χ0v) is 6.14. The van der Waals surface area contributed by atoms with Crippen LogP contribution >= 0.6 is 0 Å². The first-order chi connectivity index (χ1) is 4.98. The van der Waals surface area contributed by atoms with Crippen molar-refractivity contribution in [3.05, 3.63) is 0 Å². The number of urea groups is 1. The number of carbonyl (C=O) groups is 1. The molecule has 0 spiro atoms. The molecule has 64 valence electrons. The first-order valence-corrected chi connectivity index (χ1v) is 3.28. The molecule has 3 N–H and O–H groups in total. The van der Waals surface area contributed by atoms with Gasteiger partial charge in [0.25, 0.3) is 0 Å². The minimum Gasteiger partial charge on any atom is -0.342 e. The minimum atomic E-state index is -1.21. The van der Waals surface area contributed by atoms with Crippen LogP contribution in [0.25, 0.3) is 0 Å². The molecule has 1 heterocycles. The molecule has 0 aromatic rings. The van der Waals surface area contributed by atoms with E-state index in [1.807, 2.05) is 0 Å². The Hall–Kier alpha value is -0.690. The smallest absolute Gasteiger partial charge is 0.342 e. The Balaban J connectivity index is 2.81. The summed E-state index contributed by atoms with van der Waals surface area (Å²) in [7, 11) is 0. The molecule has 11 heavy (non-hydrogen) atoms. The van der Waals surface area contributed by atoms with Gasteiger partial charge in [-0.2, -0.15) is 5.06 Å². The zero-order chi connectivity index (χ0) is 8.65. The van der Waals surface area contributed by atoms with Gasteiger partial charge >= 0.3 is 6.03 Å². The van der Waals surface area contributed by atoms with Gasteiger partial charge in [-0.3, -0.25) is 5.21 Å². The lowest BCUT2D eigenvalue weighted by atomic mass is 10.5. The van der Waals surface area contributed by atoms with E-state index < -0.39 is 16.9 Å². The molecule has 2 atom stereocenters. The van der Waals surface area contributed by atoms with E-state index >= 15 is 0 Å². The molecule has 1 aliphatic rings. The van der Waals surface area contributed by atoms with Crippen LogP contribution in [0.1, 0.15) is 6.92 Å². The lowest BCUT2D eigenvalue weighted by Gasteiger charge is -2.22. The number of quaternary nitrogens is 1. The molecule has 1 aliphatic heterocycles. The Morgan fingerprint density at radius 2 is 2.27 bits per heavy atom. The second kappa shape index (κ2) is 2.42. The van der Waals surface area contributed by atoms with Crippen molar-refractivity contribution in [2.75, 3.05) is 13.1 Å². The maximum Gasteiger partial charge on any atom is 0.477 e. The monoisotopic (exact) mass is 163 g/mol. The molecule has 0 aromatic carbocycles. The maximum atomic E-state index is 10.9. The molecule has 0 bridgehead atoms. The predicted molar refractivity (Wildman–Crippen MR) is 32.5 cm³/mol. The van der Waals surface area contributed by atoms with Crippen LogP contribution < -0.4 is 0 Å². The van der Waals surface area contributed by atoms with E-state index in [0.717, 1.165) is 0 Å². The molecule has 1 rings (SSSR count). The van der Waals surface area contributed by atoms with E-state index in [4.69, 9.17) is 10.3 Å². The Morgan fingerprint density at radius 3 is 2.45 bits per heavy atom. The number of amides is 2. The summed E-state index contributed by atoms with van der Waals surface area (Å²) in [5.74, 6) is 0. The molecule has 2 unspecified atom stereocenters. The predicted octanol–water partition coefficient (Wildman–Crippen LogP) is -0.645. The van der Waals surface area contributed by atoms with Crippen molar-refractivity contribution in [2.45, 2.75) is 13.2 Å². The van der Waals surface area contributed by atoms with E-state index in [1.165, 1.54) is 6.92 Å². The summed E-state index contributed by atoms with van der Waals surface area (Å²) in [6.45, 7) is 1.34. The Labute approximate surface area is 63.4 Å². The molecule has 0 radical (unpaired) electrons. The fourth-order valence-corrected chi connectivity index (χ4v) is 0.985.